The van der Waals surface area contributed by atoms with Gasteiger partial charge in [-0.2, -0.15) is 0 Å². The molecule has 0 N–H and O–H groups in total. The molecule has 1 aliphatic heterocycles. The zero-order valence-electron chi connectivity index (χ0n) is 5.74. The Balaban J connectivity index is 2.58. The van der Waals surface area contributed by atoms with Gasteiger partial charge in [0.25, 0.3) is 0 Å². The van der Waals surface area contributed by atoms with E-state index >= 15 is 0 Å². The summed E-state index contributed by atoms with van der Waals surface area (Å²) < 4.78 is 1.92. The standard InChI is InChI=1S/C7H8N2O/c1-5-4-6(10)7-8-2-3-9(5)7/h2-3,5H,4H2,1H3. The molecule has 2 rings (SSSR count). The van der Waals surface area contributed by atoms with Crippen molar-refractivity contribution in [3.05, 3.63) is 18.2 Å². The van der Waals surface area contributed by atoms with Gasteiger partial charge in [-0.25, -0.2) is 4.98 Å². The second-order valence-electron chi connectivity index (χ2n) is 2.63. The minimum Gasteiger partial charge on any atom is -0.325 e. The first kappa shape index (κ1) is 5.65. The van der Waals surface area contributed by atoms with E-state index < -0.39 is 0 Å². The van der Waals surface area contributed by atoms with E-state index in [4.69, 9.17) is 0 Å². The van der Waals surface area contributed by atoms with E-state index in [-0.39, 0.29) is 5.78 Å². The lowest BCUT2D eigenvalue weighted by atomic mass is 10.2. The highest BCUT2D eigenvalue weighted by Gasteiger charge is 2.25. The number of rotatable bonds is 0. The molecule has 0 saturated carbocycles. The maximum absolute atomic E-state index is 11.1. The summed E-state index contributed by atoms with van der Waals surface area (Å²) in [7, 11) is 0. The molecule has 3 nitrogen and oxygen atoms in total. The van der Waals surface area contributed by atoms with Crippen molar-refractivity contribution in [1.29, 1.82) is 0 Å². The van der Waals surface area contributed by atoms with E-state index in [1.54, 1.807) is 6.20 Å². The van der Waals surface area contributed by atoms with Crippen LogP contribution in [0.4, 0.5) is 0 Å². The van der Waals surface area contributed by atoms with Crippen molar-refractivity contribution in [3.8, 4) is 0 Å². The second-order valence-corrected chi connectivity index (χ2v) is 2.63. The SMILES string of the molecule is CC1CC(=O)c2nccn21. The van der Waals surface area contributed by atoms with Gasteiger partial charge in [-0.15, -0.1) is 0 Å². The molecule has 1 aromatic rings. The highest BCUT2D eigenvalue weighted by molar-refractivity contribution is 5.95. The van der Waals surface area contributed by atoms with Gasteiger partial charge in [0.2, 0.25) is 0 Å². The van der Waals surface area contributed by atoms with Crippen LogP contribution < -0.4 is 0 Å². The number of aromatic nitrogens is 2. The first-order chi connectivity index (χ1) is 4.79. The van der Waals surface area contributed by atoms with Gasteiger partial charge in [0.15, 0.2) is 11.6 Å². The smallest absolute Gasteiger partial charge is 0.200 e. The molecule has 1 unspecified atom stereocenters. The van der Waals surface area contributed by atoms with Crippen molar-refractivity contribution < 1.29 is 4.79 Å². The van der Waals surface area contributed by atoms with Crippen LogP contribution in [0.1, 0.15) is 30.0 Å². The number of ketones is 1. The van der Waals surface area contributed by atoms with Crippen molar-refractivity contribution in [2.24, 2.45) is 0 Å². The molecular formula is C7H8N2O. The third kappa shape index (κ3) is 0.546. The lowest BCUT2D eigenvalue weighted by Gasteiger charge is -2.00. The Labute approximate surface area is 58.7 Å². The first-order valence-electron chi connectivity index (χ1n) is 3.35. The largest absolute Gasteiger partial charge is 0.325 e. The van der Waals surface area contributed by atoms with E-state index in [0.29, 0.717) is 18.3 Å². The second kappa shape index (κ2) is 1.68. The number of Topliss-reactive ketones (excluding diaryl/α,β-unsaturated/α-hetero) is 1. The van der Waals surface area contributed by atoms with Crippen LogP contribution in [-0.2, 0) is 0 Å². The highest BCUT2D eigenvalue weighted by atomic mass is 16.1. The van der Waals surface area contributed by atoms with Crippen LogP contribution in [0.2, 0.25) is 0 Å². The first-order valence-corrected chi connectivity index (χ1v) is 3.35. The zero-order valence-corrected chi connectivity index (χ0v) is 5.74. The lowest BCUT2D eigenvalue weighted by Crippen LogP contribution is -1.95. The Morgan fingerprint density at radius 3 is 3.30 bits per heavy atom. The molecule has 1 aliphatic rings. The minimum absolute atomic E-state index is 0.164. The number of fused-ring (bicyclic) bond motifs is 1. The van der Waals surface area contributed by atoms with Gasteiger partial charge in [0.1, 0.15) is 0 Å². The summed E-state index contributed by atoms with van der Waals surface area (Å²) in [6, 6.07) is 0.310. The number of carbonyl (C=O) groups excluding carboxylic acids is 1. The average molecular weight is 136 g/mol. The van der Waals surface area contributed by atoms with Crippen molar-refractivity contribution in [2.45, 2.75) is 19.4 Å². The predicted octanol–water partition coefficient (Wildman–Crippen LogP) is 1.03. The van der Waals surface area contributed by atoms with E-state index in [2.05, 4.69) is 4.98 Å². The van der Waals surface area contributed by atoms with Gasteiger partial charge in [-0.05, 0) is 6.92 Å². The summed E-state index contributed by atoms with van der Waals surface area (Å²) in [6.07, 6.45) is 4.14. The fraction of sp³-hybridized carbons (Fsp3) is 0.429. The Morgan fingerprint density at radius 2 is 2.60 bits per heavy atom. The van der Waals surface area contributed by atoms with Gasteiger partial charge >= 0.3 is 0 Å². The molecule has 0 aromatic carbocycles. The molecule has 0 radical (unpaired) electrons. The molecule has 0 aliphatic carbocycles. The van der Waals surface area contributed by atoms with E-state index in [9.17, 15) is 4.79 Å². The molecular weight excluding hydrogens is 128 g/mol. The Hall–Kier alpha value is -1.12. The Kier molecular flexibility index (Phi) is 0.952. The third-order valence-electron chi connectivity index (χ3n) is 1.87. The summed E-state index contributed by atoms with van der Waals surface area (Å²) in [5.74, 6) is 0.782. The predicted molar refractivity (Wildman–Crippen MR) is 35.9 cm³/mol. The van der Waals surface area contributed by atoms with Crippen molar-refractivity contribution >= 4 is 5.78 Å². The van der Waals surface area contributed by atoms with Crippen LogP contribution in [-0.4, -0.2) is 15.3 Å². The van der Waals surface area contributed by atoms with Crippen molar-refractivity contribution in [1.82, 2.24) is 9.55 Å². The van der Waals surface area contributed by atoms with Crippen LogP contribution in [0.3, 0.4) is 0 Å². The fourth-order valence-corrected chi connectivity index (χ4v) is 1.34. The van der Waals surface area contributed by atoms with Gasteiger partial charge in [-0.3, -0.25) is 4.79 Å². The molecule has 0 amide bonds. The molecule has 3 heteroatoms. The fourth-order valence-electron chi connectivity index (χ4n) is 1.34. The Morgan fingerprint density at radius 1 is 1.80 bits per heavy atom. The average Bonchev–Trinajstić information content (AvgIpc) is 2.39. The third-order valence-corrected chi connectivity index (χ3v) is 1.87. The van der Waals surface area contributed by atoms with Crippen molar-refractivity contribution in [3.63, 3.8) is 0 Å². The number of imidazole rings is 1. The molecule has 0 saturated heterocycles. The lowest BCUT2D eigenvalue weighted by molar-refractivity contribution is 0.0986. The molecule has 0 spiro atoms. The maximum Gasteiger partial charge on any atom is 0.200 e. The van der Waals surface area contributed by atoms with Crippen LogP contribution in [0, 0.1) is 0 Å². The molecule has 1 aromatic heterocycles. The summed E-state index contributed by atoms with van der Waals surface area (Å²) in [4.78, 5) is 15.0. The van der Waals surface area contributed by atoms with Gasteiger partial charge in [-0.1, -0.05) is 0 Å². The van der Waals surface area contributed by atoms with E-state index in [1.807, 2.05) is 17.7 Å². The maximum atomic E-state index is 11.1. The van der Waals surface area contributed by atoms with Crippen LogP contribution in [0.5, 0.6) is 0 Å². The van der Waals surface area contributed by atoms with E-state index in [1.165, 1.54) is 0 Å². The summed E-state index contributed by atoms with van der Waals surface area (Å²) in [5, 5.41) is 0. The van der Waals surface area contributed by atoms with Crippen LogP contribution in [0.25, 0.3) is 0 Å². The summed E-state index contributed by atoms with van der Waals surface area (Å²) in [6.45, 7) is 2.02. The highest BCUT2D eigenvalue weighted by Crippen LogP contribution is 2.22. The topological polar surface area (TPSA) is 34.9 Å². The van der Waals surface area contributed by atoms with Gasteiger partial charge in [0, 0.05) is 24.9 Å². The number of carbonyl (C=O) groups is 1. The van der Waals surface area contributed by atoms with Gasteiger partial charge < -0.3 is 4.57 Å². The molecule has 0 bridgehead atoms. The number of hydrogen-bond donors (Lipinski definition) is 0. The van der Waals surface area contributed by atoms with Gasteiger partial charge in [0.05, 0.1) is 0 Å². The minimum atomic E-state index is 0.164. The Bertz CT molecular complexity index is 277. The number of nitrogens with zero attached hydrogens (tertiary/aromatic N) is 2. The molecule has 0 fully saturated rings. The van der Waals surface area contributed by atoms with Crippen LogP contribution >= 0.6 is 0 Å². The molecule has 1 atom stereocenters. The monoisotopic (exact) mass is 136 g/mol. The molecule has 52 valence electrons. The summed E-state index contributed by atoms with van der Waals surface area (Å²) >= 11 is 0. The summed E-state index contributed by atoms with van der Waals surface area (Å²) in [5.41, 5.74) is 0. The molecule has 2 heterocycles. The zero-order chi connectivity index (χ0) is 7.14. The van der Waals surface area contributed by atoms with E-state index in [0.717, 1.165) is 0 Å². The van der Waals surface area contributed by atoms with Crippen LogP contribution in [0.15, 0.2) is 12.4 Å². The molecule has 10 heavy (non-hydrogen) atoms. The quantitative estimate of drug-likeness (QED) is 0.534. The normalized spacial score (nSPS) is 23.3. The number of hydrogen-bond acceptors (Lipinski definition) is 2. The van der Waals surface area contributed by atoms with Crippen molar-refractivity contribution in [2.75, 3.05) is 0 Å².